The number of benzene rings is 2. The van der Waals surface area contributed by atoms with Crippen LogP contribution in [-0.2, 0) is 9.59 Å². The molecule has 5 nitrogen and oxygen atoms in total. The molecule has 0 bridgehead atoms. The zero-order valence-electron chi connectivity index (χ0n) is 13.5. The monoisotopic (exact) mass is 323 g/mol. The number of nitrogens with zero attached hydrogens (tertiary/aromatic N) is 2. The summed E-state index contributed by atoms with van der Waals surface area (Å²) in [6.07, 6.45) is 0.631. The standard InChI is InChI=1S/C19H21N3O2/c23-15-22(21-13-11-20-12-14-21)19(24)18(16-7-3-1-4-8-16)17-9-5-2-6-10-17/h1-10,15,18,20H,11-14H2. The summed E-state index contributed by atoms with van der Waals surface area (Å²) in [6, 6.07) is 19.2. The first-order valence-electron chi connectivity index (χ1n) is 8.15. The van der Waals surface area contributed by atoms with Crippen molar-refractivity contribution in [1.29, 1.82) is 0 Å². The van der Waals surface area contributed by atoms with E-state index in [2.05, 4.69) is 5.32 Å². The van der Waals surface area contributed by atoms with E-state index in [-0.39, 0.29) is 5.91 Å². The molecule has 124 valence electrons. The van der Waals surface area contributed by atoms with Crippen LogP contribution in [0.15, 0.2) is 60.7 Å². The van der Waals surface area contributed by atoms with Gasteiger partial charge in [-0.25, -0.2) is 10.0 Å². The molecule has 1 saturated heterocycles. The third-order valence-electron chi connectivity index (χ3n) is 4.24. The Kier molecular flexibility index (Phi) is 5.36. The third-order valence-corrected chi connectivity index (χ3v) is 4.24. The minimum absolute atomic E-state index is 0.218. The van der Waals surface area contributed by atoms with Crippen LogP contribution in [0.25, 0.3) is 0 Å². The molecule has 5 heteroatoms. The molecule has 1 heterocycles. The van der Waals surface area contributed by atoms with Gasteiger partial charge in [-0.15, -0.1) is 0 Å². The smallest absolute Gasteiger partial charge is 0.255 e. The minimum Gasteiger partial charge on any atom is -0.314 e. The van der Waals surface area contributed by atoms with Crippen molar-refractivity contribution in [1.82, 2.24) is 15.3 Å². The van der Waals surface area contributed by atoms with Crippen LogP contribution in [0.5, 0.6) is 0 Å². The largest absolute Gasteiger partial charge is 0.314 e. The highest BCUT2D eigenvalue weighted by atomic mass is 16.2. The first-order chi connectivity index (χ1) is 11.8. The number of hydrogen-bond donors (Lipinski definition) is 1. The predicted molar refractivity (Wildman–Crippen MR) is 92.1 cm³/mol. The van der Waals surface area contributed by atoms with E-state index in [1.807, 2.05) is 65.7 Å². The number of rotatable bonds is 5. The van der Waals surface area contributed by atoms with E-state index < -0.39 is 5.92 Å². The number of carbonyl (C=O) groups is 2. The molecule has 1 aliphatic heterocycles. The van der Waals surface area contributed by atoms with Crippen LogP contribution in [0.3, 0.4) is 0 Å². The van der Waals surface area contributed by atoms with E-state index in [1.54, 1.807) is 0 Å². The van der Waals surface area contributed by atoms with Crippen molar-refractivity contribution in [3.8, 4) is 0 Å². The second-order valence-electron chi connectivity index (χ2n) is 5.75. The molecule has 2 aromatic rings. The fraction of sp³-hybridized carbons (Fsp3) is 0.263. The molecule has 0 aromatic heterocycles. The van der Waals surface area contributed by atoms with Gasteiger partial charge in [0.25, 0.3) is 5.91 Å². The Morgan fingerprint density at radius 3 is 1.92 bits per heavy atom. The van der Waals surface area contributed by atoms with Gasteiger partial charge in [0, 0.05) is 26.2 Å². The molecule has 0 spiro atoms. The van der Waals surface area contributed by atoms with Crippen molar-refractivity contribution in [2.45, 2.75) is 5.92 Å². The van der Waals surface area contributed by atoms with Gasteiger partial charge in [-0.05, 0) is 11.1 Å². The Balaban J connectivity index is 1.95. The molecule has 1 aliphatic rings. The lowest BCUT2D eigenvalue weighted by atomic mass is 9.90. The molecular formula is C19H21N3O2. The van der Waals surface area contributed by atoms with Gasteiger partial charge in [0.1, 0.15) is 0 Å². The zero-order valence-corrected chi connectivity index (χ0v) is 13.5. The summed E-state index contributed by atoms with van der Waals surface area (Å²) in [4.78, 5) is 24.9. The van der Waals surface area contributed by atoms with E-state index in [0.717, 1.165) is 24.2 Å². The average Bonchev–Trinajstić information content (AvgIpc) is 2.65. The molecule has 3 rings (SSSR count). The molecule has 1 fully saturated rings. The first-order valence-corrected chi connectivity index (χ1v) is 8.15. The van der Waals surface area contributed by atoms with Crippen molar-refractivity contribution in [2.24, 2.45) is 0 Å². The van der Waals surface area contributed by atoms with E-state index >= 15 is 0 Å². The summed E-state index contributed by atoms with van der Waals surface area (Å²) < 4.78 is 0. The van der Waals surface area contributed by atoms with Gasteiger partial charge in [-0.3, -0.25) is 9.59 Å². The van der Waals surface area contributed by atoms with Gasteiger partial charge in [-0.1, -0.05) is 60.7 Å². The third kappa shape index (κ3) is 3.53. The summed E-state index contributed by atoms with van der Waals surface area (Å²) >= 11 is 0. The Morgan fingerprint density at radius 1 is 0.958 bits per heavy atom. The summed E-state index contributed by atoms with van der Waals surface area (Å²) in [5.74, 6) is -0.711. The molecule has 0 atom stereocenters. The lowest BCUT2D eigenvalue weighted by Gasteiger charge is -2.35. The molecule has 2 amide bonds. The average molecular weight is 323 g/mol. The lowest BCUT2D eigenvalue weighted by Crippen LogP contribution is -2.55. The quantitative estimate of drug-likeness (QED) is 0.850. The van der Waals surface area contributed by atoms with Crippen LogP contribution in [0.4, 0.5) is 0 Å². The highest BCUT2D eigenvalue weighted by Gasteiger charge is 2.31. The second kappa shape index (κ2) is 7.86. The second-order valence-corrected chi connectivity index (χ2v) is 5.75. The van der Waals surface area contributed by atoms with Gasteiger partial charge in [0.15, 0.2) is 0 Å². The number of carbonyl (C=O) groups excluding carboxylic acids is 2. The summed E-state index contributed by atoms with van der Waals surface area (Å²) in [5, 5.41) is 6.28. The Labute approximate surface area is 141 Å². The van der Waals surface area contributed by atoms with Gasteiger partial charge in [0.05, 0.1) is 5.92 Å². The maximum absolute atomic E-state index is 13.2. The number of imide groups is 1. The zero-order chi connectivity index (χ0) is 16.8. The SMILES string of the molecule is O=CN(C(=O)C(c1ccccc1)c1ccccc1)N1CCNCC1. The number of amides is 2. The summed E-state index contributed by atoms with van der Waals surface area (Å²) in [7, 11) is 0. The van der Waals surface area contributed by atoms with E-state index in [4.69, 9.17) is 0 Å². The first kappa shape index (κ1) is 16.4. The van der Waals surface area contributed by atoms with E-state index in [9.17, 15) is 9.59 Å². The van der Waals surface area contributed by atoms with Crippen molar-refractivity contribution in [3.63, 3.8) is 0 Å². The maximum Gasteiger partial charge on any atom is 0.255 e. The van der Waals surface area contributed by atoms with Crippen LogP contribution in [-0.4, -0.2) is 48.5 Å². The van der Waals surface area contributed by atoms with E-state index in [0.29, 0.717) is 19.5 Å². The highest BCUT2D eigenvalue weighted by Crippen LogP contribution is 2.27. The van der Waals surface area contributed by atoms with Crippen LogP contribution >= 0.6 is 0 Å². The van der Waals surface area contributed by atoms with Gasteiger partial charge < -0.3 is 5.32 Å². The maximum atomic E-state index is 13.2. The van der Waals surface area contributed by atoms with Crippen molar-refractivity contribution in [3.05, 3.63) is 71.8 Å². The summed E-state index contributed by atoms with van der Waals surface area (Å²) in [5.41, 5.74) is 1.77. The molecule has 0 aliphatic carbocycles. The lowest BCUT2D eigenvalue weighted by molar-refractivity contribution is -0.157. The van der Waals surface area contributed by atoms with Crippen LogP contribution in [0, 0.1) is 0 Å². The Hall–Kier alpha value is -2.50. The van der Waals surface area contributed by atoms with E-state index in [1.165, 1.54) is 5.01 Å². The minimum atomic E-state index is -0.493. The van der Waals surface area contributed by atoms with Crippen molar-refractivity contribution >= 4 is 12.3 Å². The van der Waals surface area contributed by atoms with Crippen LogP contribution < -0.4 is 5.32 Å². The van der Waals surface area contributed by atoms with Crippen LogP contribution in [0.1, 0.15) is 17.0 Å². The number of nitrogens with one attached hydrogen (secondary N) is 1. The Morgan fingerprint density at radius 2 is 1.46 bits per heavy atom. The molecule has 0 unspecified atom stereocenters. The predicted octanol–water partition coefficient (Wildman–Crippen LogP) is 1.62. The molecule has 2 aromatic carbocycles. The Bertz CT molecular complexity index is 630. The normalized spacial score (nSPS) is 15.2. The molecule has 0 radical (unpaired) electrons. The number of hydrogen-bond acceptors (Lipinski definition) is 4. The fourth-order valence-electron chi connectivity index (χ4n) is 3.03. The molecule has 24 heavy (non-hydrogen) atoms. The number of hydrazine groups is 1. The topological polar surface area (TPSA) is 52.7 Å². The van der Waals surface area contributed by atoms with Crippen LogP contribution in [0.2, 0.25) is 0 Å². The van der Waals surface area contributed by atoms with Crippen molar-refractivity contribution in [2.75, 3.05) is 26.2 Å². The summed E-state index contributed by atoms with van der Waals surface area (Å²) in [6.45, 7) is 2.81. The van der Waals surface area contributed by atoms with Gasteiger partial charge in [0.2, 0.25) is 6.41 Å². The van der Waals surface area contributed by atoms with Gasteiger partial charge >= 0.3 is 0 Å². The fourth-order valence-corrected chi connectivity index (χ4v) is 3.03. The molecule has 1 N–H and O–H groups in total. The highest BCUT2D eigenvalue weighted by molar-refractivity contribution is 5.93. The molecular weight excluding hydrogens is 302 g/mol. The number of piperazine rings is 1. The van der Waals surface area contributed by atoms with Crippen molar-refractivity contribution < 1.29 is 9.59 Å². The molecule has 0 saturated carbocycles. The van der Waals surface area contributed by atoms with Gasteiger partial charge in [-0.2, -0.15) is 0 Å².